The molecule has 0 aliphatic carbocycles. The molecule has 1 aliphatic heterocycles. The van der Waals surface area contributed by atoms with E-state index in [-0.39, 0.29) is 5.84 Å². The van der Waals surface area contributed by atoms with E-state index in [2.05, 4.69) is 52.8 Å². The Morgan fingerprint density at radius 1 is 1.26 bits per heavy atom. The van der Waals surface area contributed by atoms with E-state index in [4.69, 9.17) is 10.9 Å². The Kier molecular flexibility index (Phi) is 6.34. The van der Waals surface area contributed by atoms with E-state index in [0.29, 0.717) is 5.92 Å². The Morgan fingerprint density at radius 2 is 2.00 bits per heavy atom. The summed E-state index contributed by atoms with van der Waals surface area (Å²) in [5.74, 6) is 0.615. The summed E-state index contributed by atoms with van der Waals surface area (Å²) in [4.78, 5) is 10.6. The smallest absolute Gasteiger partial charge is 0.175 e. The summed E-state index contributed by atoms with van der Waals surface area (Å²) >= 11 is 1.70. The molecule has 2 heterocycles. The van der Waals surface area contributed by atoms with Gasteiger partial charge in [0.15, 0.2) is 5.84 Å². The number of thiazole rings is 1. The largest absolute Gasteiger partial charge is 0.368 e. The molecule has 7 heteroatoms. The van der Waals surface area contributed by atoms with Crippen LogP contribution in [0.3, 0.4) is 0 Å². The van der Waals surface area contributed by atoms with E-state index in [1.54, 1.807) is 11.3 Å². The molecule has 0 bridgehead atoms. The van der Waals surface area contributed by atoms with Gasteiger partial charge in [0.25, 0.3) is 0 Å². The first-order valence-corrected chi connectivity index (χ1v) is 10.3. The highest BCUT2D eigenvalue weighted by Crippen LogP contribution is 2.26. The SMILES string of the molecule is Cc1scnc1CN1CCN(c2cc(CC(C)C)ccc2C(=N)N=N)CC1. The van der Waals surface area contributed by atoms with Crippen molar-refractivity contribution in [2.24, 2.45) is 11.0 Å². The van der Waals surface area contributed by atoms with Gasteiger partial charge < -0.3 is 4.90 Å². The lowest BCUT2D eigenvalue weighted by Crippen LogP contribution is -2.46. The van der Waals surface area contributed by atoms with Crippen LogP contribution < -0.4 is 4.90 Å². The molecule has 0 atom stereocenters. The van der Waals surface area contributed by atoms with Crippen molar-refractivity contribution >= 4 is 22.9 Å². The summed E-state index contributed by atoms with van der Waals surface area (Å²) in [6, 6.07) is 6.22. The molecule has 0 spiro atoms. The normalized spacial score (nSPS) is 15.3. The van der Waals surface area contributed by atoms with Crippen LogP contribution in [0.4, 0.5) is 5.69 Å². The fourth-order valence-electron chi connectivity index (χ4n) is 3.54. The molecule has 1 aliphatic rings. The van der Waals surface area contributed by atoms with E-state index >= 15 is 0 Å². The number of rotatable bonds is 6. The second-order valence-electron chi connectivity index (χ2n) is 7.53. The van der Waals surface area contributed by atoms with Gasteiger partial charge in [0.2, 0.25) is 0 Å². The maximum absolute atomic E-state index is 8.05. The first-order chi connectivity index (χ1) is 13.0. The van der Waals surface area contributed by atoms with Crippen molar-refractivity contribution in [1.82, 2.24) is 9.88 Å². The van der Waals surface area contributed by atoms with Gasteiger partial charge in [-0.2, -0.15) is 0 Å². The second-order valence-corrected chi connectivity index (χ2v) is 8.59. The number of hydrogen-bond donors (Lipinski definition) is 2. The van der Waals surface area contributed by atoms with Crippen LogP contribution in [-0.4, -0.2) is 41.9 Å². The van der Waals surface area contributed by atoms with Crippen molar-refractivity contribution in [3.05, 3.63) is 45.4 Å². The molecule has 0 amide bonds. The average Bonchev–Trinajstić information content (AvgIpc) is 3.06. The first-order valence-electron chi connectivity index (χ1n) is 9.43. The number of hydrogen-bond acceptors (Lipinski definition) is 6. The van der Waals surface area contributed by atoms with Crippen molar-refractivity contribution in [3.8, 4) is 0 Å². The average molecular weight is 385 g/mol. The zero-order valence-corrected chi connectivity index (χ0v) is 17.1. The molecule has 2 N–H and O–H groups in total. The molecule has 0 saturated carbocycles. The summed E-state index contributed by atoms with van der Waals surface area (Å²) in [7, 11) is 0. The van der Waals surface area contributed by atoms with Crippen LogP contribution in [-0.2, 0) is 13.0 Å². The highest BCUT2D eigenvalue weighted by atomic mass is 32.1. The van der Waals surface area contributed by atoms with Crippen molar-refractivity contribution in [3.63, 3.8) is 0 Å². The van der Waals surface area contributed by atoms with Gasteiger partial charge in [-0.05, 0) is 37.0 Å². The number of nitrogens with zero attached hydrogens (tertiary/aromatic N) is 4. The first kappa shape index (κ1) is 19.6. The minimum atomic E-state index is 0.0293. The van der Waals surface area contributed by atoms with E-state index in [1.165, 1.54) is 16.1 Å². The van der Waals surface area contributed by atoms with Crippen LogP contribution in [0.15, 0.2) is 28.8 Å². The zero-order valence-electron chi connectivity index (χ0n) is 16.3. The summed E-state index contributed by atoms with van der Waals surface area (Å²) in [6.45, 7) is 11.2. The van der Waals surface area contributed by atoms with Gasteiger partial charge in [-0.15, -0.1) is 16.5 Å². The summed E-state index contributed by atoms with van der Waals surface area (Å²) < 4.78 is 0. The van der Waals surface area contributed by atoms with E-state index in [0.717, 1.165) is 50.4 Å². The molecule has 0 radical (unpaired) electrons. The minimum absolute atomic E-state index is 0.0293. The Morgan fingerprint density at radius 3 is 2.59 bits per heavy atom. The zero-order chi connectivity index (χ0) is 19.4. The summed E-state index contributed by atoms with van der Waals surface area (Å²) in [6.07, 6.45) is 1.02. The quantitative estimate of drug-likeness (QED) is 0.442. The number of anilines is 1. The van der Waals surface area contributed by atoms with Gasteiger partial charge in [-0.3, -0.25) is 10.3 Å². The molecule has 2 aromatic rings. The summed E-state index contributed by atoms with van der Waals surface area (Å²) in [5, 5.41) is 11.4. The molecule has 6 nitrogen and oxygen atoms in total. The van der Waals surface area contributed by atoms with Crippen LogP contribution in [0.25, 0.3) is 0 Å². The molecule has 144 valence electrons. The van der Waals surface area contributed by atoms with Gasteiger partial charge in [0, 0.05) is 48.9 Å². The van der Waals surface area contributed by atoms with E-state index in [9.17, 15) is 0 Å². The fraction of sp³-hybridized carbons (Fsp3) is 0.500. The number of benzene rings is 1. The highest BCUT2D eigenvalue weighted by Gasteiger charge is 2.22. The Labute approximate surface area is 165 Å². The lowest BCUT2D eigenvalue weighted by Gasteiger charge is -2.37. The Bertz CT molecular complexity index is 805. The fourth-order valence-corrected chi connectivity index (χ4v) is 4.13. The lowest BCUT2D eigenvalue weighted by molar-refractivity contribution is 0.247. The van der Waals surface area contributed by atoms with Gasteiger partial charge in [0.05, 0.1) is 11.2 Å². The van der Waals surface area contributed by atoms with Crippen LogP contribution in [0.1, 0.15) is 35.5 Å². The van der Waals surface area contributed by atoms with Crippen LogP contribution in [0, 0.1) is 23.8 Å². The lowest BCUT2D eigenvalue weighted by atomic mass is 9.99. The molecule has 1 fully saturated rings. The predicted molar refractivity (Wildman–Crippen MR) is 111 cm³/mol. The maximum atomic E-state index is 8.05. The van der Waals surface area contributed by atoms with E-state index in [1.807, 2.05) is 11.6 Å². The molecule has 3 rings (SSSR count). The maximum Gasteiger partial charge on any atom is 0.175 e. The Balaban J connectivity index is 1.74. The van der Waals surface area contributed by atoms with Crippen molar-refractivity contribution in [1.29, 1.82) is 10.9 Å². The molecular formula is C20H28N6S. The molecule has 27 heavy (non-hydrogen) atoms. The Hall–Kier alpha value is -2.12. The number of aryl methyl sites for hydroxylation is 1. The molecule has 0 unspecified atom stereocenters. The third-order valence-corrected chi connectivity index (χ3v) is 5.80. The summed E-state index contributed by atoms with van der Waals surface area (Å²) in [5.41, 5.74) is 13.4. The van der Waals surface area contributed by atoms with Gasteiger partial charge >= 0.3 is 0 Å². The van der Waals surface area contributed by atoms with Crippen LogP contribution in [0.2, 0.25) is 0 Å². The molecule has 1 saturated heterocycles. The number of nitrogens with one attached hydrogen (secondary N) is 2. The number of amidine groups is 1. The minimum Gasteiger partial charge on any atom is -0.368 e. The topological polar surface area (TPSA) is 79.4 Å². The van der Waals surface area contributed by atoms with Gasteiger partial charge in [0.1, 0.15) is 0 Å². The molecular weight excluding hydrogens is 356 g/mol. The van der Waals surface area contributed by atoms with Crippen molar-refractivity contribution in [2.75, 3.05) is 31.1 Å². The molecule has 1 aromatic carbocycles. The van der Waals surface area contributed by atoms with Gasteiger partial charge in [-0.1, -0.05) is 19.9 Å². The second kappa shape index (κ2) is 8.71. The number of piperazine rings is 1. The third-order valence-electron chi connectivity index (χ3n) is 5.00. The standard InChI is InChI=1S/C20H28N6S/c1-14(2)10-16-4-5-17(20(21)24-22)19(11-16)26-8-6-25(7-9-26)12-18-15(3)27-13-23-18/h4-5,11,13-14,21-22H,6-10,12H2,1-3H3. The predicted octanol–water partition coefficient (Wildman–Crippen LogP) is 4.33. The van der Waals surface area contributed by atoms with Crippen LogP contribution >= 0.6 is 11.3 Å². The van der Waals surface area contributed by atoms with Crippen molar-refractivity contribution < 1.29 is 0 Å². The van der Waals surface area contributed by atoms with E-state index < -0.39 is 0 Å². The third kappa shape index (κ3) is 4.78. The van der Waals surface area contributed by atoms with Crippen molar-refractivity contribution in [2.45, 2.75) is 33.7 Å². The highest BCUT2D eigenvalue weighted by molar-refractivity contribution is 7.09. The van der Waals surface area contributed by atoms with Crippen LogP contribution in [0.5, 0.6) is 0 Å². The number of aromatic nitrogens is 1. The molecule has 1 aromatic heterocycles. The van der Waals surface area contributed by atoms with Gasteiger partial charge in [-0.25, -0.2) is 10.5 Å². The monoisotopic (exact) mass is 384 g/mol.